The van der Waals surface area contributed by atoms with Crippen molar-refractivity contribution in [1.82, 2.24) is 9.88 Å². The van der Waals surface area contributed by atoms with Gasteiger partial charge in [-0.3, -0.25) is 9.59 Å². The zero-order valence-electron chi connectivity index (χ0n) is 12.5. The topological polar surface area (TPSA) is 108 Å². The number of piperidine rings is 1. The summed E-state index contributed by atoms with van der Waals surface area (Å²) >= 11 is 0. The number of para-hydroxylation sites is 1. The average molecular weight is 314 g/mol. The first-order valence-corrected chi connectivity index (χ1v) is 7.52. The van der Waals surface area contributed by atoms with E-state index < -0.39 is 11.9 Å². The summed E-state index contributed by atoms with van der Waals surface area (Å²) in [7, 11) is 0. The Kier molecular flexibility index (Phi) is 4.01. The van der Waals surface area contributed by atoms with Crippen molar-refractivity contribution in [3.8, 4) is 0 Å². The number of carbonyl (C=O) groups is 2. The largest absolute Gasteiger partial charge is 0.369 e. The Balaban J connectivity index is 1.79. The van der Waals surface area contributed by atoms with Gasteiger partial charge in [0.25, 0.3) is 0 Å². The molecule has 23 heavy (non-hydrogen) atoms. The number of carbonyl (C=O) groups excluding carboxylic acids is 2. The van der Waals surface area contributed by atoms with E-state index in [1.165, 1.54) is 11.1 Å². The van der Waals surface area contributed by atoms with Crippen molar-refractivity contribution in [2.75, 3.05) is 18.4 Å². The molecular weight excluding hydrogens is 296 g/mol. The van der Waals surface area contributed by atoms with Crippen LogP contribution in [0.5, 0.6) is 0 Å². The van der Waals surface area contributed by atoms with Gasteiger partial charge in [-0.2, -0.15) is 0 Å². The van der Waals surface area contributed by atoms with Gasteiger partial charge >= 0.3 is 6.03 Å². The third kappa shape index (κ3) is 3.03. The Morgan fingerprint density at radius 1 is 1.30 bits per heavy atom. The van der Waals surface area contributed by atoms with Gasteiger partial charge in [0.15, 0.2) is 0 Å². The second kappa shape index (κ2) is 6.12. The number of likely N-dealkylation sites (tertiary alicyclic amines) is 1. The first-order chi connectivity index (χ1) is 11.1. The van der Waals surface area contributed by atoms with Crippen LogP contribution in [0.25, 0.3) is 10.9 Å². The highest BCUT2D eigenvalue weighted by Crippen LogP contribution is 2.17. The molecular formula is C16H18N4O3. The SMILES string of the molecule is NC(=O)[C@H]1CCCN(C(=O)Nc2c[nH]c3ccccc3c2=O)C1. The van der Waals surface area contributed by atoms with E-state index in [1.807, 2.05) is 6.07 Å². The third-order valence-electron chi connectivity index (χ3n) is 4.14. The van der Waals surface area contributed by atoms with Crippen molar-refractivity contribution in [3.63, 3.8) is 0 Å². The number of nitrogens with one attached hydrogen (secondary N) is 2. The van der Waals surface area contributed by atoms with Crippen LogP contribution in [-0.4, -0.2) is 34.9 Å². The fourth-order valence-electron chi connectivity index (χ4n) is 2.85. The lowest BCUT2D eigenvalue weighted by molar-refractivity contribution is -0.123. The number of amides is 3. The second-order valence-electron chi connectivity index (χ2n) is 5.69. The van der Waals surface area contributed by atoms with E-state index in [4.69, 9.17) is 5.73 Å². The van der Waals surface area contributed by atoms with Crippen LogP contribution in [0.1, 0.15) is 12.8 Å². The number of hydrogen-bond acceptors (Lipinski definition) is 3. The molecule has 1 fully saturated rings. The summed E-state index contributed by atoms with van der Waals surface area (Å²) in [6.45, 7) is 0.827. The molecule has 1 atom stereocenters. The fraction of sp³-hybridized carbons (Fsp3) is 0.312. The molecule has 7 nitrogen and oxygen atoms in total. The van der Waals surface area contributed by atoms with Gasteiger partial charge < -0.3 is 20.9 Å². The van der Waals surface area contributed by atoms with Gasteiger partial charge in [-0.05, 0) is 25.0 Å². The van der Waals surface area contributed by atoms with Gasteiger partial charge in [0.1, 0.15) is 5.69 Å². The number of pyridine rings is 1. The number of anilines is 1. The lowest BCUT2D eigenvalue weighted by Crippen LogP contribution is -2.46. The number of aromatic amines is 1. The molecule has 0 unspecified atom stereocenters. The molecule has 2 heterocycles. The molecule has 1 aromatic carbocycles. The van der Waals surface area contributed by atoms with Crippen molar-refractivity contribution >= 4 is 28.5 Å². The van der Waals surface area contributed by atoms with E-state index in [0.29, 0.717) is 23.9 Å². The van der Waals surface area contributed by atoms with Gasteiger partial charge in [-0.1, -0.05) is 12.1 Å². The van der Waals surface area contributed by atoms with Crippen LogP contribution >= 0.6 is 0 Å². The summed E-state index contributed by atoms with van der Waals surface area (Å²) in [6.07, 6.45) is 2.89. The maximum Gasteiger partial charge on any atom is 0.322 e. The Bertz CT molecular complexity index is 814. The van der Waals surface area contributed by atoms with E-state index in [9.17, 15) is 14.4 Å². The number of primary amides is 1. The normalized spacial score (nSPS) is 17.9. The molecule has 4 N–H and O–H groups in total. The number of H-pyrrole nitrogens is 1. The standard InChI is InChI=1S/C16H18N4O3/c17-15(22)10-4-3-7-20(9-10)16(23)19-13-8-18-12-6-2-1-5-11(12)14(13)21/h1-2,5-6,8,10H,3-4,7,9H2,(H2,17,22)(H,18,21)(H,19,23)/t10-/m0/s1. The lowest BCUT2D eigenvalue weighted by atomic mass is 9.98. The van der Waals surface area contributed by atoms with Crippen molar-refractivity contribution < 1.29 is 9.59 Å². The van der Waals surface area contributed by atoms with Gasteiger partial charge in [0, 0.05) is 30.2 Å². The Morgan fingerprint density at radius 2 is 2.09 bits per heavy atom. The van der Waals surface area contributed by atoms with E-state index in [0.717, 1.165) is 6.42 Å². The van der Waals surface area contributed by atoms with Crippen LogP contribution in [0, 0.1) is 5.92 Å². The van der Waals surface area contributed by atoms with Gasteiger partial charge in [0.2, 0.25) is 11.3 Å². The van der Waals surface area contributed by atoms with Crippen LogP contribution in [0.3, 0.4) is 0 Å². The maximum absolute atomic E-state index is 12.4. The molecule has 120 valence electrons. The quantitative estimate of drug-likeness (QED) is 0.776. The van der Waals surface area contributed by atoms with Gasteiger partial charge in [-0.25, -0.2) is 4.79 Å². The molecule has 0 aliphatic carbocycles. The van der Waals surface area contributed by atoms with Crippen molar-refractivity contribution in [1.29, 1.82) is 0 Å². The molecule has 1 saturated heterocycles. The highest BCUT2D eigenvalue weighted by molar-refractivity contribution is 5.92. The number of nitrogens with zero attached hydrogens (tertiary/aromatic N) is 1. The molecule has 0 saturated carbocycles. The fourth-order valence-corrected chi connectivity index (χ4v) is 2.85. The lowest BCUT2D eigenvalue weighted by Gasteiger charge is -2.31. The maximum atomic E-state index is 12.4. The number of rotatable bonds is 2. The number of aromatic nitrogens is 1. The van der Waals surface area contributed by atoms with E-state index in [-0.39, 0.29) is 23.6 Å². The van der Waals surface area contributed by atoms with Crippen LogP contribution < -0.4 is 16.5 Å². The Labute approximate surface area is 132 Å². The summed E-state index contributed by atoms with van der Waals surface area (Å²) in [5.41, 5.74) is 5.98. The molecule has 1 aliphatic rings. The molecule has 0 bridgehead atoms. The smallest absolute Gasteiger partial charge is 0.322 e. The van der Waals surface area contributed by atoms with Gasteiger partial charge in [-0.15, -0.1) is 0 Å². The van der Waals surface area contributed by atoms with E-state index in [2.05, 4.69) is 10.3 Å². The molecule has 3 amide bonds. The summed E-state index contributed by atoms with van der Waals surface area (Å²) < 4.78 is 0. The van der Waals surface area contributed by atoms with Crippen molar-refractivity contribution in [3.05, 3.63) is 40.7 Å². The van der Waals surface area contributed by atoms with Crippen LogP contribution in [0.4, 0.5) is 10.5 Å². The average Bonchev–Trinajstić information content (AvgIpc) is 2.57. The minimum absolute atomic E-state index is 0.190. The highest BCUT2D eigenvalue weighted by atomic mass is 16.2. The molecule has 1 aromatic heterocycles. The zero-order valence-corrected chi connectivity index (χ0v) is 12.5. The summed E-state index contributed by atoms with van der Waals surface area (Å²) in [5.74, 6) is -0.726. The molecule has 7 heteroatoms. The van der Waals surface area contributed by atoms with Crippen molar-refractivity contribution in [2.45, 2.75) is 12.8 Å². The molecule has 3 rings (SSSR count). The first-order valence-electron chi connectivity index (χ1n) is 7.52. The Morgan fingerprint density at radius 3 is 2.87 bits per heavy atom. The van der Waals surface area contributed by atoms with E-state index in [1.54, 1.807) is 18.2 Å². The molecule has 2 aromatic rings. The number of hydrogen-bond donors (Lipinski definition) is 3. The number of urea groups is 1. The summed E-state index contributed by atoms with van der Waals surface area (Å²) in [5, 5.41) is 3.14. The predicted octanol–water partition coefficient (Wildman–Crippen LogP) is 1.26. The minimum atomic E-state index is -0.397. The van der Waals surface area contributed by atoms with Crippen molar-refractivity contribution in [2.24, 2.45) is 11.7 Å². The van der Waals surface area contributed by atoms with Gasteiger partial charge in [0.05, 0.1) is 5.92 Å². The van der Waals surface area contributed by atoms with E-state index >= 15 is 0 Å². The monoisotopic (exact) mass is 314 g/mol. The number of fused-ring (bicyclic) bond motifs is 1. The minimum Gasteiger partial charge on any atom is -0.369 e. The third-order valence-corrected chi connectivity index (χ3v) is 4.14. The second-order valence-corrected chi connectivity index (χ2v) is 5.69. The molecule has 0 spiro atoms. The number of nitrogens with two attached hydrogens (primary N) is 1. The number of benzene rings is 1. The predicted molar refractivity (Wildman–Crippen MR) is 87.1 cm³/mol. The zero-order chi connectivity index (χ0) is 16.4. The molecule has 1 aliphatic heterocycles. The molecule has 0 radical (unpaired) electrons. The Hall–Kier alpha value is -2.83. The van der Waals surface area contributed by atoms with Crippen LogP contribution in [0.15, 0.2) is 35.3 Å². The summed E-state index contributed by atoms with van der Waals surface area (Å²) in [6, 6.07) is 6.70. The summed E-state index contributed by atoms with van der Waals surface area (Å²) in [4.78, 5) is 40.5. The van der Waals surface area contributed by atoms with Crippen LogP contribution in [0.2, 0.25) is 0 Å². The first kappa shape index (κ1) is 15.1. The van der Waals surface area contributed by atoms with Crippen LogP contribution in [-0.2, 0) is 4.79 Å². The highest BCUT2D eigenvalue weighted by Gasteiger charge is 2.27.